The molecule has 1 heterocycles. The Labute approximate surface area is 121 Å². The molecule has 0 aliphatic rings. The van der Waals surface area contributed by atoms with E-state index in [0.717, 1.165) is 10.9 Å². The van der Waals surface area contributed by atoms with Crippen LogP contribution in [0.3, 0.4) is 0 Å². The largest absolute Gasteiger partial charge is 0.493 e. The van der Waals surface area contributed by atoms with Crippen LogP contribution >= 0.6 is 0 Å². The third kappa shape index (κ3) is 2.25. The predicted octanol–water partition coefficient (Wildman–Crippen LogP) is 3.48. The molecule has 0 atom stereocenters. The van der Waals surface area contributed by atoms with E-state index in [4.69, 9.17) is 13.9 Å². The van der Waals surface area contributed by atoms with E-state index in [9.17, 15) is 4.79 Å². The molecule has 106 valence electrons. The number of rotatable bonds is 3. The summed E-state index contributed by atoms with van der Waals surface area (Å²) >= 11 is 0. The SMILES string of the molecule is COc1ccc2cc(-c3ccccc3)c(=O)oc2c1OC. The fourth-order valence-electron chi connectivity index (χ4n) is 2.31. The molecule has 0 fully saturated rings. The number of fused-ring (bicyclic) bond motifs is 1. The number of ether oxygens (including phenoxy) is 2. The zero-order valence-electron chi connectivity index (χ0n) is 11.8. The third-order valence-corrected chi connectivity index (χ3v) is 3.33. The Bertz CT molecular complexity index is 835. The van der Waals surface area contributed by atoms with E-state index >= 15 is 0 Å². The molecule has 21 heavy (non-hydrogen) atoms. The molecule has 3 aromatic rings. The molecule has 1 aromatic heterocycles. The van der Waals surface area contributed by atoms with E-state index < -0.39 is 5.63 Å². The zero-order valence-corrected chi connectivity index (χ0v) is 11.8. The summed E-state index contributed by atoms with van der Waals surface area (Å²) in [4.78, 5) is 12.2. The average Bonchev–Trinajstić information content (AvgIpc) is 2.54. The van der Waals surface area contributed by atoms with E-state index in [1.54, 1.807) is 19.2 Å². The Hall–Kier alpha value is -2.75. The van der Waals surface area contributed by atoms with Gasteiger partial charge in [0.25, 0.3) is 0 Å². The van der Waals surface area contributed by atoms with Gasteiger partial charge in [0.2, 0.25) is 5.75 Å². The molecule has 0 saturated heterocycles. The van der Waals surface area contributed by atoms with Gasteiger partial charge in [0.15, 0.2) is 11.3 Å². The highest BCUT2D eigenvalue weighted by atomic mass is 16.5. The molecule has 3 rings (SSSR count). The first-order valence-corrected chi connectivity index (χ1v) is 6.49. The molecule has 0 aliphatic heterocycles. The van der Waals surface area contributed by atoms with Crippen LogP contribution in [0.5, 0.6) is 11.5 Å². The van der Waals surface area contributed by atoms with Gasteiger partial charge in [-0.05, 0) is 23.8 Å². The first-order chi connectivity index (χ1) is 10.2. The van der Waals surface area contributed by atoms with Crippen molar-refractivity contribution in [2.45, 2.75) is 0 Å². The summed E-state index contributed by atoms with van der Waals surface area (Å²) in [5.74, 6) is 0.951. The molecule has 0 unspecified atom stereocenters. The Balaban J connectivity index is 2.29. The molecule has 0 spiro atoms. The maximum absolute atomic E-state index is 12.2. The van der Waals surface area contributed by atoms with Gasteiger partial charge in [-0.15, -0.1) is 0 Å². The van der Waals surface area contributed by atoms with E-state index in [2.05, 4.69) is 0 Å². The van der Waals surface area contributed by atoms with Crippen molar-refractivity contribution < 1.29 is 13.9 Å². The molecule has 2 aromatic carbocycles. The minimum atomic E-state index is -0.403. The Kier molecular flexibility index (Phi) is 3.36. The smallest absolute Gasteiger partial charge is 0.344 e. The molecule has 0 N–H and O–H groups in total. The lowest BCUT2D eigenvalue weighted by Gasteiger charge is -2.10. The Morgan fingerprint density at radius 3 is 2.38 bits per heavy atom. The highest BCUT2D eigenvalue weighted by Gasteiger charge is 2.14. The molecule has 0 aliphatic carbocycles. The summed E-state index contributed by atoms with van der Waals surface area (Å²) in [7, 11) is 3.06. The van der Waals surface area contributed by atoms with Crippen LogP contribution in [0.2, 0.25) is 0 Å². The topological polar surface area (TPSA) is 48.7 Å². The molecule has 4 heteroatoms. The highest BCUT2D eigenvalue weighted by Crippen LogP contribution is 2.35. The predicted molar refractivity (Wildman–Crippen MR) is 81.0 cm³/mol. The second-order valence-corrected chi connectivity index (χ2v) is 4.53. The molecule has 4 nitrogen and oxygen atoms in total. The lowest BCUT2D eigenvalue weighted by Crippen LogP contribution is -2.03. The van der Waals surface area contributed by atoms with Gasteiger partial charge in [-0.25, -0.2) is 4.79 Å². The van der Waals surface area contributed by atoms with Crippen molar-refractivity contribution in [1.29, 1.82) is 0 Å². The second-order valence-electron chi connectivity index (χ2n) is 4.53. The molecule has 0 amide bonds. The van der Waals surface area contributed by atoms with Gasteiger partial charge in [0, 0.05) is 5.39 Å². The monoisotopic (exact) mass is 282 g/mol. The van der Waals surface area contributed by atoms with Crippen LogP contribution in [0, 0.1) is 0 Å². The zero-order chi connectivity index (χ0) is 14.8. The van der Waals surface area contributed by atoms with E-state index in [1.807, 2.05) is 36.4 Å². The van der Waals surface area contributed by atoms with Crippen LogP contribution in [0.4, 0.5) is 0 Å². The van der Waals surface area contributed by atoms with Gasteiger partial charge in [-0.2, -0.15) is 0 Å². The Morgan fingerprint density at radius 2 is 1.71 bits per heavy atom. The maximum atomic E-state index is 12.2. The van der Waals surface area contributed by atoms with Gasteiger partial charge in [-0.1, -0.05) is 30.3 Å². The summed E-state index contributed by atoms with van der Waals surface area (Å²) in [5, 5.41) is 0.783. The highest BCUT2D eigenvalue weighted by molar-refractivity contribution is 5.88. The normalized spacial score (nSPS) is 10.6. The van der Waals surface area contributed by atoms with Crippen LogP contribution in [0.25, 0.3) is 22.1 Å². The number of hydrogen-bond donors (Lipinski definition) is 0. The number of hydrogen-bond acceptors (Lipinski definition) is 4. The summed E-state index contributed by atoms with van der Waals surface area (Å²) in [5.41, 5.74) is 1.33. The first kappa shape index (κ1) is 13.2. The minimum absolute atomic E-state index is 0.390. The molecule has 0 saturated carbocycles. The lowest BCUT2D eigenvalue weighted by atomic mass is 10.1. The minimum Gasteiger partial charge on any atom is -0.493 e. The van der Waals surface area contributed by atoms with Crippen molar-refractivity contribution in [2.24, 2.45) is 0 Å². The molecule has 0 radical (unpaired) electrons. The van der Waals surface area contributed by atoms with Crippen molar-refractivity contribution in [3.63, 3.8) is 0 Å². The van der Waals surface area contributed by atoms with Crippen LogP contribution in [-0.2, 0) is 0 Å². The van der Waals surface area contributed by atoms with Crippen molar-refractivity contribution in [3.8, 4) is 22.6 Å². The van der Waals surface area contributed by atoms with Gasteiger partial charge in [0.1, 0.15) is 0 Å². The molecular formula is C17H14O4. The number of methoxy groups -OCH3 is 2. The summed E-state index contributed by atoms with van der Waals surface area (Å²) < 4.78 is 16.0. The standard InChI is InChI=1S/C17H14O4/c1-19-14-9-8-12-10-13(11-6-4-3-5-7-11)17(18)21-15(12)16(14)20-2/h3-10H,1-2H3. The van der Waals surface area contributed by atoms with Crippen LogP contribution in [-0.4, -0.2) is 14.2 Å². The summed E-state index contributed by atoms with van der Waals surface area (Å²) in [6.07, 6.45) is 0. The van der Waals surface area contributed by atoms with E-state index in [0.29, 0.717) is 22.6 Å². The lowest BCUT2D eigenvalue weighted by molar-refractivity contribution is 0.352. The maximum Gasteiger partial charge on any atom is 0.344 e. The first-order valence-electron chi connectivity index (χ1n) is 6.49. The van der Waals surface area contributed by atoms with Crippen molar-refractivity contribution >= 4 is 11.0 Å². The average molecular weight is 282 g/mol. The fraction of sp³-hybridized carbons (Fsp3) is 0.118. The quantitative estimate of drug-likeness (QED) is 0.690. The van der Waals surface area contributed by atoms with Crippen molar-refractivity contribution in [1.82, 2.24) is 0 Å². The van der Waals surface area contributed by atoms with E-state index in [1.165, 1.54) is 7.11 Å². The fourth-order valence-corrected chi connectivity index (χ4v) is 2.31. The van der Waals surface area contributed by atoms with Gasteiger partial charge >= 0.3 is 5.63 Å². The molecule has 0 bridgehead atoms. The van der Waals surface area contributed by atoms with Gasteiger partial charge < -0.3 is 13.9 Å². The molecular weight excluding hydrogens is 268 g/mol. The number of benzene rings is 2. The van der Waals surface area contributed by atoms with Crippen LogP contribution in [0.15, 0.2) is 57.7 Å². The van der Waals surface area contributed by atoms with Crippen LogP contribution in [0.1, 0.15) is 0 Å². The summed E-state index contributed by atoms with van der Waals surface area (Å²) in [6.45, 7) is 0. The second kappa shape index (κ2) is 5.32. The van der Waals surface area contributed by atoms with Gasteiger partial charge in [0.05, 0.1) is 19.8 Å². The van der Waals surface area contributed by atoms with Crippen LogP contribution < -0.4 is 15.1 Å². The van der Waals surface area contributed by atoms with Crippen molar-refractivity contribution in [2.75, 3.05) is 14.2 Å². The third-order valence-electron chi connectivity index (χ3n) is 3.33. The Morgan fingerprint density at radius 1 is 0.952 bits per heavy atom. The van der Waals surface area contributed by atoms with Gasteiger partial charge in [-0.3, -0.25) is 0 Å². The van der Waals surface area contributed by atoms with Crippen molar-refractivity contribution in [3.05, 3.63) is 59.0 Å². The van der Waals surface area contributed by atoms with E-state index in [-0.39, 0.29) is 0 Å². The summed E-state index contributed by atoms with van der Waals surface area (Å²) in [6, 6.07) is 14.8.